The van der Waals surface area contributed by atoms with Gasteiger partial charge >= 0.3 is 6.18 Å². The Balaban J connectivity index is 1.84. The zero-order valence-corrected chi connectivity index (χ0v) is 13.4. The number of hydrogen-bond acceptors (Lipinski definition) is 4. The molecule has 23 heavy (non-hydrogen) atoms. The van der Waals surface area contributed by atoms with E-state index >= 15 is 0 Å². The van der Waals surface area contributed by atoms with Crippen molar-refractivity contribution >= 4 is 0 Å². The summed E-state index contributed by atoms with van der Waals surface area (Å²) in [6, 6.07) is 5.89. The summed E-state index contributed by atoms with van der Waals surface area (Å²) in [5, 5.41) is 3.40. The number of halogens is 3. The second-order valence-corrected chi connectivity index (χ2v) is 5.70. The predicted octanol–water partition coefficient (Wildman–Crippen LogP) is 2.82. The SMILES string of the molecule is COc1cccc(CNC2CCN(CC(F)(F)F)CC2)c1OC. The van der Waals surface area contributed by atoms with E-state index in [1.165, 1.54) is 4.90 Å². The molecule has 1 fully saturated rings. The van der Waals surface area contributed by atoms with Crippen molar-refractivity contribution < 1.29 is 22.6 Å². The predicted molar refractivity (Wildman–Crippen MR) is 81.9 cm³/mol. The van der Waals surface area contributed by atoms with Crippen LogP contribution in [0, 0.1) is 0 Å². The molecule has 0 saturated carbocycles. The molecule has 1 aromatic rings. The van der Waals surface area contributed by atoms with Gasteiger partial charge in [-0.2, -0.15) is 13.2 Å². The lowest BCUT2D eigenvalue weighted by Gasteiger charge is -2.33. The molecule has 1 aliphatic rings. The Kier molecular flexibility index (Phi) is 6.12. The molecule has 0 aromatic heterocycles. The molecule has 1 aliphatic heterocycles. The highest BCUT2D eigenvalue weighted by atomic mass is 19.4. The third-order valence-electron chi connectivity index (χ3n) is 4.06. The Morgan fingerprint density at radius 1 is 1.17 bits per heavy atom. The van der Waals surface area contributed by atoms with E-state index in [2.05, 4.69) is 5.32 Å². The minimum Gasteiger partial charge on any atom is -0.493 e. The number of para-hydroxylation sites is 1. The average molecular weight is 332 g/mol. The number of piperidine rings is 1. The Hall–Kier alpha value is -1.47. The summed E-state index contributed by atoms with van der Waals surface area (Å²) in [6.07, 6.45) is -2.70. The van der Waals surface area contributed by atoms with Crippen molar-refractivity contribution in [3.63, 3.8) is 0 Å². The number of rotatable bonds is 6. The lowest BCUT2D eigenvalue weighted by Crippen LogP contribution is -2.45. The van der Waals surface area contributed by atoms with Gasteiger partial charge in [-0.15, -0.1) is 0 Å². The van der Waals surface area contributed by atoms with Gasteiger partial charge in [0.1, 0.15) is 0 Å². The molecule has 2 rings (SSSR count). The summed E-state index contributed by atoms with van der Waals surface area (Å²) in [6.45, 7) is 0.715. The van der Waals surface area contributed by atoms with Gasteiger partial charge in [-0.05, 0) is 32.0 Å². The molecule has 7 heteroatoms. The molecular weight excluding hydrogens is 309 g/mol. The van der Waals surface area contributed by atoms with Crippen molar-refractivity contribution in [2.45, 2.75) is 31.6 Å². The molecule has 1 heterocycles. The number of benzene rings is 1. The van der Waals surface area contributed by atoms with E-state index in [9.17, 15) is 13.2 Å². The molecule has 0 spiro atoms. The summed E-state index contributed by atoms with van der Waals surface area (Å²) < 4.78 is 47.8. The number of nitrogens with zero attached hydrogens (tertiary/aromatic N) is 1. The monoisotopic (exact) mass is 332 g/mol. The van der Waals surface area contributed by atoms with Crippen molar-refractivity contribution in [2.24, 2.45) is 0 Å². The first-order chi connectivity index (χ1) is 10.9. The van der Waals surface area contributed by atoms with Gasteiger partial charge in [0.25, 0.3) is 0 Å². The van der Waals surface area contributed by atoms with Gasteiger partial charge < -0.3 is 14.8 Å². The molecular formula is C16H23F3N2O2. The van der Waals surface area contributed by atoms with Crippen LogP contribution in [0.5, 0.6) is 11.5 Å². The molecule has 130 valence electrons. The van der Waals surface area contributed by atoms with Gasteiger partial charge in [0.2, 0.25) is 0 Å². The molecule has 0 bridgehead atoms. The second kappa shape index (κ2) is 7.88. The maximum atomic E-state index is 12.4. The Bertz CT molecular complexity index is 501. The van der Waals surface area contributed by atoms with Crippen LogP contribution in [0.1, 0.15) is 18.4 Å². The van der Waals surface area contributed by atoms with E-state index in [0.717, 1.165) is 5.56 Å². The third-order valence-corrected chi connectivity index (χ3v) is 4.06. The molecule has 0 atom stereocenters. The van der Waals surface area contributed by atoms with Crippen LogP contribution in [0.25, 0.3) is 0 Å². The molecule has 4 nitrogen and oxygen atoms in total. The van der Waals surface area contributed by atoms with E-state index < -0.39 is 12.7 Å². The smallest absolute Gasteiger partial charge is 0.401 e. The molecule has 0 aliphatic carbocycles. The molecule has 0 unspecified atom stereocenters. The Labute approximate surface area is 134 Å². The van der Waals surface area contributed by atoms with Crippen LogP contribution in [0.15, 0.2) is 18.2 Å². The van der Waals surface area contributed by atoms with Gasteiger partial charge in [0.05, 0.1) is 20.8 Å². The van der Waals surface area contributed by atoms with Crippen LogP contribution in [-0.2, 0) is 6.54 Å². The van der Waals surface area contributed by atoms with Crippen LogP contribution >= 0.6 is 0 Å². The van der Waals surface area contributed by atoms with E-state index in [1.807, 2.05) is 18.2 Å². The Morgan fingerprint density at radius 2 is 1.87 bits per heavy atom. The summed E-state index contributed by atoms with van der Waals surface area (Å²) in [4.78, 5) is 1.46. The molecule has 1 N–H and O–H groups in total. The number of methoxy groups -OCH3 is 2. The minimum atomic E-state index is -4.12. The van der Waals surface area contributed by atoms with Crippen LogP contribution in [0.2, 0.25) is 0 Å². The summed E-state index contributed by atoms with van der Waals surface area (Å²) in [7, 11) is 3.18. The van der Waals surface area contributed by atoms with Crippen molar-refractivity contribution in [3.8, 4) is 11.5 Å². The second-order valence-electron chi connectivity index (χ2n) is 5.70. The largest absolute Gasteiger partial charge is 0.493 e. The topological polar surface area (TPSA) is 33.7 Å². The summed E-state index contributed by atoms with van der Waals surface area (Å²) in [5.41, 5.74) is 0.976. The fourth-order valence-electron chi connectivity index (χ4n) is 2.90. The van der Waals surface area contributed by atoms with Gasteiger partial charge in [0.15, 0.2) is 11.5 Å². The summed E-state index contributed by atoms with van der Waals surface area (Å²) >= 11 is 0. The molecule has 1 saturated heterocycles. The fraction of sp³-hybridized carbons (Fsp3) is 0.625. The van der Waals surface area contributed by atoms with Crippen LogP contribution in [-0.4, -0.2) is 51.0 Å². The quantitative estimate of drug-likeness (QED) is 0.869. The van der Waals surface area contributed by atoms with Crippen LogP contribution in [0.3, 0.4) is 0 Å². The highest BCUT2D eigenvalue weighted by molar-refractivity contribution is 5.46. The normalized spacial score (nSPS) is 17.3. The Morgan fingerprint density at radius 3 is 2.43 bits per heavy atom. The van der Waals surface area contributed by atoms with Crippen molar-refractivity contribution in [3.05, 3.63) is 23.8 Å². The maximum absolute atomic E-state index is 12.4. The number of hydrogen-bond donors (Lipinski definition) is 1. The van der Waals surface area contributed by atoms with Crippen LogP contribution < -0.4 is 14.8 Å². The zero-order valence-electron chi connectivity index (χ0n) is 13.4. The summed E-state index contributed by atoms with van der Waals surface area (Å²) in [5.74, 6) is 1.36. The van der Waals surface area contributed by atoms with Gasteiger partial charge in [-0.1, -0.05) is 12.1 Å². The van der Waals surface area contributed by atoms with Crippen molar-refractivity contribution in [2.75, 3.05) is 33.9 Å². The van der Waals surface area contributed by atoms with E-state index in [0.29, 0.717) is 44.0 Å². The number of alkyl halides is 3. The molecule has 0 amide bonds. The highest BCUT2D eigenvalue weighted by Crippen LogP contribution is 2.30. The van der Waals surface area contributed by atoms with E-state index in [1.54, 1.807) is 14.2 Å². The lowest BCUT2D eigenvalue weighted by molar-refractivity contribution is -0.148. The number of likely N-dealkylation sites (tertiary alicyclic amines) is 1. The zero-order chi connectivity index (χ0) is 16.9. The van der Waals surface area contributed by atoms with Gasteiger partial charge in [-0.25, -0.2) is 0 Å². The first-order valence-electron chi connectivity index (χ1n) is 7.65. The third kappa shape index (κ3) is 5.28. The highest BCUT2D eigenvalue weighted by Gasteiger charge is 2.32. The van der Waals surface area contributed by atoms with E-state index in [4.69, 9.17) is 9.47 Å². The van der Waals surface area contributed by atoms with Crippen molar-refractivity contribution in [1.82, 2.24) is 10.2 Å². The molecule has 1 aromatic carbocycles. The number of ether oxygens (including phenoxy) is 2. The number of nitrogens with one attached hydrogen (secondary N) is 1. The fourth-order valence-corrected chi connectivity index (χ4v) is 2.90. The van der Waals surface area contributed by atoms with Crippen LogP contribution in [0.4, 0.5) is 13.2 Å². The standard InChI is InChI=1S/C16H23F3N2O2/c1-22-14-5-3-4-12(15(14)23-2)10-20-13-6-8-21(9-7-13)11-16(17,18)19/h3-5,13,20H,6-11H2,1-2H3. The van der Waals surface area contributed by atoms with Crippen molar-refractivity contribution in [1.29, 1.82) is 0 Å². The average Bonchev–Trinajstić information content (AvgIpc) is 2.52. The first-order valence-corrected chi connectivity index (χ1v) is 7.65. The minimum absolute atomic E-state index is 0.218. The maximum Gasteiger partial charge on any atom is 0.401 e. The van der Waals surface area contributed by atoms with Gasteiger partial charge in [0, 0.05) is 18.2 Å². The first kappa shape index (κ1) is 17.9. The van der Waals surface area contributed by atoms with Gasteiger partial charge in [-0.3, -0.25) is 4.90 Å². The lowest BCUT2D eigenvalue weighted by atomic mass is 10.0. The van der Waals surface area contributed by atoms with E-state index in [-0.39, 0.29) is 6.04 Å². The molecule has 0 radical (unpaired) electrons.